The number of nitrogens with one attached hydrogen (secondary N) is 1. The predicted octanol–water partition coefficient (Wildman–Crippen LogP) is 14.1. The number of fused-ring (bicyclic) bond motifs is 9. The number of furan rings is 1. The lowest BCUT2D eigenvalue weighted by molar-refractivity contribution is 0.669. The van der Waals surface area contributed by atoms with Crippen molar-refractivity contribution in [2.75, 3.05) is 5.32 Å². The summed E-state index contributed by atoms with van der Waals surface area (Å²) in [6, 6.07) is 53.9. The number of rotatable bonds is 6. The van der Waals surface area contributed by atoms with Crippen LogP contribution in [0.5, 0.6) is 0 Å². The maximum Gasteiger partial charge on any atom is 0.137 e. The van der Waals surface area contributed by atoms with Crippen LogP contribution in [0.3, 0.4) is 0 Å². The minimum atomic E-state index is 0.881. The molecule has 0 bridgehead atoms. The molecule has 7 aromatic carbocycles. The van der Waals surface area contributed by atoms with Gasteiger partial charge in [0.05, 0.1) is 33.1 Å². The van der Waals surface area contributed by atoms with Crippen LogP contribution in [0.4, 0.5) is 11.4 Å². The smallest absolute Gasteiger partial charge is 0.137 e. The third-order valence-corrected chi connectivity index (χ3v) is 11.1. The molecule has 260 valence electrons. The molecule has 0 radical (unpaired) electrons. The second-order valence-corrected chi connectivity index (χ2v) is 14.2. The molecule has 11 rings (SSSR count). The maximum absolute atomic E-state index is 6.34. The van der Waals surface area contributed by atoms with Gasteiger partial charge in [0.15, 0.2) is 0 Å². The Balaban J connectivity index is 1.09. The van der Waals surface area contributed by atoms with Gasteiger partial charge in [-0.25, -0.2) is 0 Å². The summed E-state index contributed by atoms with van der Waals surface area (Å²) in [7, 11) is 0. The summed E-state index contributed by atoms with van der Waals surface area (Å²) < 4.78 is 11.0. The number of allylic oxidation sites excluding steroid dienone is 7. The van der Waals surface area contributed by atoms with Crippen molar-refractivity contribution in [2.45, 2.75) is 6.42 Å². The molecule has 10 aromatic rings. The molecule has 3 heterocycles. The number of hydrogen-bond donors (Lipinski definition) is 1. The first kappa shape index (κ1) is 31.2. The zero-order chi connectivity index (χ0) is 36.5. The van der Waals surface area contributed by atoms with Crippen LogP contribution >= 0.6 is 0 Å². The lowest BCUT2D eigenvalue weighted by Gasteiger charge is -2.15. The Morgan fingerprint density at radius 1 is 0.545 bits per heavy atom. The summed E-state index contributed by atoms with van der Waals surface area (Å²) in [5.41, 5.74) is 14.0. The van der Waals surface area contributed by atoms with E-state index in [1.54, 1.807) is 0 Å². The molecule has 0 saturated carbocycles. The van der Waals surface area contributed by atoms with Crippen molar-refractivity contribution in [1.29, 1.82) is 0 Å². The summed E-state index contributed by atoms with van der Waals surface area (Å²) in [5.74, 6) is 0. The van der Waals surface area contributed by atoms with Gasteiger partial charge in [0.2, 0.25) is 0 Å². The van der Waals surface area contributed by atoms with Gasteiger partial charge >= 0.3 is 0 Å². The number of para-hydroxylation sites is 4. The van der Waals surface area contributed by atoms with Crippen LogP contribution in [0.1, 0.15) is 6.42 Å². The second-order valence-electron chi connectivity index (χ2n) is 14.2. The van der Waals surface area contributed by atoms with Gasteiger partial charge in [-0.1, -0.05) is 128 Å². The average Bonchev–Trinajstić information content (AvgIpc) is 3.90. The molecule has 0 saturated heterocycles. The molecule has 0 amide bonds. The first-order chi connectivity index (χ1) is 27.2. The molecular formula is C51H35N3O. The van der Waals surface area contributed by atoms with Crippen molar-refractivity contribution < 1.29 is 4.42 Å². The highest BCUT2D eigenvalue weighted by Gasteiger charge is 2.21. The van der Waals surface area contributed by atoms with Crippen LogP contribution in [0.15, 0.2) is 199 Å². The quantitative estimate of drug-likeness (QED) is 0.187. The van der Waals surface area contributed by atoms with E-state index in [-0.39, 0.29) is 0 Å². The van der Waals surface area contributed by atoms with Crippen molar-refractivity contribution in [2.24, 2.45) is 0 Å². The minimum absolute atomic E-state index is 0.881. The molecular weight excluding hydrogens is 671 g/mol. The molecule has 0 unspecified atom stereocenters. The normalized spacial score (nSPS) is 13.7. The van der Waals surface area contributed by atoms with Crippen LogP contribution in [-0.4, -0.2) is 9.13 Å². The van der Waals surface area contributed by atoms with Crippen LogP contribution in [0.2, 0.25) is 0 Å². The average molecular weight is 706 g/mol. The number of nitrogens with zero attached hydrogens (tertiary/aromatic N) is 2. The van der Waals surface area contributed by atoms with Gasteiger partial charge in [-0.05, 0) is 78.2 Å². The van der Waals surface area contributed by atoms with E-state index in [1.807, 2.05) is 12.1 Å². The topological polar surface area (TPSA) is 35.0 Å². The largest absolute Gasteiger partial charge is 0.456 e. The van der Waals surface area contributed by atoms with E-state index < -0.39 is 0 Å². The number of anilines is 2. The lowest BCUT2D eigenvalue weighted by Crippen LogP contribution is -1.97. The molecule has 1 aliphatic carbocycles. The summed E-state index contributed by atoms with van der Waals surface area (Å²) in [5, 5.41) is 10.9. The van der Waals surface area contributed by atoms with Gasteiger partial charge in [0, 0.05) is 49.6 Å². The molecule has 55 heavy (non-hydrogen) atoms. The Morgan fingerprint density at radius 2 is 1.20 bits per heavy atom. The van der Waals surface area contributed by atoms with E-state index in [0.717, 1.165) is 78.7 Å². The fourth-order valence-electron chi connectivity index (χ4n) is 8.77. The third-order valence-electron chi connectivity index (χ3n) is 11.1. The van der Waals surface area contributed by atoms with E-state index in [4.69, 9.17) is 4.42 Å². The predicted molar refractivity (Wildman–Crippen MR) is 233 cm³/mol. The number of benzene rings is 7. The summed E-state index contributed by atoms with van der Waals surface area (Å²) in [4.78, 5) is 0. The second kappa shape index (κ2) is 12.4. The van der Waals surface area contributed by atoms with Crippen LogP contribution in [-0.2, 0) is 0 Å². The Bertz CT molecular complexity index is 3290. The lowest BCUT2D eigenvalue weighted by atomic mass is 9.97. The highest BCUT2D eigenvalue weighted by atomic mass is 16.3. The van der Waals surface area contributed by atoms with Gasteiger partial charge < -0.3 is 18.9 Å². The van der Waals surface area contributed by atoms with Crippen molar-refractivity contribution in [3.63, 3.8) is 0 Å². The van der Waals surface area contributed by atoms with Crippen molar-refractivity contribution >= 4 is 82.6 Å². The Labute approximate surface area is 317 Å². The Morgan fingerprint density at radius 3 is 2.07 bits per heavy atom. The van der Waals surface area contributed by atoms with E-state index in [2.05, 4.69) is 191 Å². The van der Waals surface area contributed by atoms with E-state index >= 15 is 0 Å². The van der Waals surface area contributed by atoms with Gasteiger partial charge in [-0.15, -0.1) is 0 Å². The van der Waals surface area contributed by atoms with E-state index in [1.165, 1.54) is 32.7 Å². The molecule has 0 aliphatic heterocycles. The monoisotopic (exact) mass is 705 g/mol. The fraction of sp³-hybridized carbons (Fsp3) is 0.0196. The van der Waals surface area contributed by atoms with E-state index in [9.17, 15) is 0 Å². The minimum Gasteiger partial charge on any atom is -0.456 e. The molecule has 1 aliphatic rings. The molecule has 0 spiro atoms. The summed E-state index contributed by atoms with van der Waals surface area (Å²) in [6.07, 6.45) is 11.7. The van der Waals surface area contributed by atoms with Gasteiger partial charge in [-0.3, -0.25) is 0 Å². The Hall–Kier alpha value is -7.30. The highest BCUT2D eigenvalue weighted by Crippen LogP contribution is 2.44. The van der Waals surface area contributed by atoms with Crippen LogP contribution in [0.25, 0.3) is 88.1 Å². The van der Waals surface area contributed by atoms with Crippen molar-refractivity contribution in [1.82, 2.24) is 9.13 Å². The van der Waals surface area contributed by atoms with E-state index in [0.29, 0.717) is 0 Å². The summed E-state index contributed by atoms with van der Waals surface area (Å²) >= 11 is 0. The zero-order valence-electron chi connectivity index (χ0n) is 30.0. The zero-order valence-corrected chi connectivity index (χ0v) is 30.0. The third kappa shape index (κ3) is 4.85. The van der Waals surface area contributed by atoms with Crippen LogP contribution in [0, 0.1) is 0 Å². The maximum atomic E-state index is 6.34. The van der Waals surface area contributed by atoms with Crippen molar-refractivity contribution in [3.8, 4) is 16.8 Å². The van der Waals surface area contributed by atoms with Gasteiger partial charge in [0.25, 0.3) is 0 Å². The first-order valence-electron chi connectivity index (χ1n) is 18.8. The standard InChI is InChI=1S/C51H35N3O/c1-33(32-34-16-3-2-4-17-34)53-42-25-10-6-19-37(42)49-36(22-13-27-44(49)53)35-18-5-9-23-40(35)52-41-24-14-28-45-50(41)38-20-7-11-26-43(38)54(45)46-29-15-31-48-51(46)39-21-8-12-30-47(39)55-48/h2-16,18-32,52H,1,17H2/b34-32-. The molecule has 4 nitrogen and oxygen atoms in total. The van der Waals surface area contributed by atoms with Crippen molar-refractivity contribution in [3.05, 3.63) is 194 Å². The molecule has 0 atom stereocenters. The highest BCUT2D eigenvalue weighted by molar-refractivity contribution is 6.20. The molecule has 0 fully saturated rings. The Kier molecular flexibility index (Phi) is 7.04. The van der Waals surface area contributed by atoms with Gasteiger partial charge in [0.1, 0.15) is 11.2 Å². The number of aromatic nitrogens is 2. The molecule has 3 aromatic heterocycles. The molecule has 4 heteroatoms. The fourth-order valence-corrected chi connectivity index (χ4v) is 8.77. The van der Waals surface area contributed by atoms with Crippen LogP contribution < -0.4 is 5.32 Å². The number of hydrogen-bond acceptors (Lipinski definition) is 2. The summed E-state index contributed by atoms with van der Waals surface area (Å²) in [6.45, 7) is 4.58. The first-order valence-corrected chi connectivity index (χ1v) is 18.8. The van der Waals surface area contributed by atoms with Gasteiger partial charge in [-0.2, -0.15) is 0 Å². The SMILES string of the molecule is C=C(/C=C1/C=CC=CC1)n1c2ccccc2c2c(-c3ccccc3Nc3cccc4c3c3ccccc3n4-c3cccc4oc5ccccc5c34)cccc21. The molecule has 1 N–H and O–H groups in total.